The number of piperidine rings is 1. The first-order valence-corrected chi connectivity index (χ1v) is 7.84. The molecule has 4 rings (SSSR count). The number of amides is 1. The Morgan fingerprint density at radius 3 is 3.12 bits per heavy atom. The van der Waals surface area contributed by atoms with Crippen LogP contribution in [0.15, 0.2) is 39.9 Å². The van der Waals surface area contributed by atoms with E-state index >= 15 is 0 Å². The van der Waals surface area contributed by atoms with Gasteiger partial charge in [-0.25, -0.2) is 0 Å². The smallest absolute Gasteiger partial charge is 0.259 e. The van der Waals surface area contributed by atoms with E-state index in [9.17, 15) is 9.59 Å². The van der Waals surface area contributed by atoms with Gasteiger partial charge >= 0.3 is 0 Å². The highest BCUT2D eigenvalue weighted by molar-refractivity contribution is 5.77. The lowest BCUT2D eigenvalue weighted by atomic mass is 10.1. The molecule has 0 aliphatic carbocycles. The molecule has 1 fully saturated rings. The van der Waals surface area contributed by atoms with Crippen LogP contribution in [0.5, 0.6) is 0 Å². The largest absolute Gasteiger partial charge is 0.459 e. The molecule has 0 bridgehead atoms. The minimum atomic E-state index is -0.158. The van der Waals surface area contributed by atoms with Crippen molar-refractivity contribution in [3.63, 3.8) is 0 Å². The summed E-state index contributed by atoms with van der Waals surface area (Å²) in [5.74, 6) is 0.774. The SMILES string of the molecule is O=C1CCC(n2cc(NCc3cc4c(=O)[nH]ccc4o3)cn2)CN1. The van der Waals surface area contributed by atoms with Crippen molar-refractivity contribution in [2.45, 2.75) is 25.4 Å². The zero-order valence-corrected chi connectivity index (χ0v) is 12.9. The number of nitrogens with zero attached hydrogens (tertiary/aromatic N) is 2. The number of aromatic amines is 1. The first-order chi connectivity index (χ1) is 11.7. The first-order valence-electron chi connectivity index (χ1n) is 7.84. The van der Waals surface area contributed by atoms with E-state index in [2.05, 4.69) is 20.7 Å². The van der Waals surface area contributed by atoms with Crippen molar-refractivity contribution in [2.75, 3.05) is 11.9 Å². The van der Waals surface area contributed by atoms with E-state index in [1.807, 2.05) is 10.9 Å². The number of aromatic nitrogens is 3. The molecule has 1 aliphatic heterocycles. The number of fused-ring (bicyclic) bond motifs is 1. The molecule has 1 saturated heterocycles. The number of hydrogen-bond acceptors (Lipinski definition) is 5. The van der Waals surface area contributed by atoms with Crippen molar-refractivity contribution in [1.29, 1.82) is 0 Å². The topological polar surface area (TPSA) is 105 Å². The van der Waals surface area contributed by atoms with Crippen LogP contribution >= 0.6 is 0 Å². The highest BCUT2D eigenvalue weighted by atomic mass is 16.3. The fraction of sp³-hybridized carbons (Fsp3) is 0.312. The number of pyridine rings is 1. The van der Waals surface area contributed by atoms with Crippen LogP contribution in [0, 0.1) is 0 Å². The predicted molar refractivity (Wildman–Crippen MR) is 87.7 cm³/mol. The summed E-state index contributed by atoms with van der Waals surface area (Å²) in [5, 5.41) is 11.0. The Labute approximate surface area is 136 Å². The maximum Gasteiger partial charge on any atom is 0.259 e. The van der Waals surface area contributed by atoms with Gasteiger partial charge in [0.1, 0.15) is 11.3 Å². The average molecular weight is 327 g/mol. The van der Waals surface area contributed by atoms with Gasteiger partial charge in [0, 0.05) is 25.4 Å². The molecule has 1 aliphatic rings. The third-order valence-corrected chi connectivity index (χ3v) is 4.19. The Bertz CT molecular complexity index is 928. The molecule has 124 valence electrons. The second kappa shape index (κ2) is 5.88. The number of carbonyl (C=O) groups excluding carboxylic acids is 1. The minimum Gasteiger partial charge on any atom is -0.459 e. The van der Waals surface area contributed by atoms with Gasteiger partial charge in [0.25, 0.3) is 5.56 Å². The first kappa shape index (κ1) is 14.6. The second-order valence-electron chi connectivity index (χ2n) is 5.86. The number of hydrogen-bond donors (Lipinski definition) is 3. The average Bonchev–Trinajstić information content (AvgIpc) is 3.21. The molecule has 1 atom stereocenters. The summed E-state index contributed by atoms with van der Waals surface area (Å²) in [6, 6.07) is 3.65. The van der Waals surface area contributed by atoms with Crippen molar-refractivity contribution in [1.82, 2.24) is 20.1 Å². The van der Waals surface area contributed by atoms with Crippen molar-refractivity contribution < 1.29 is 9.21 Å². The summed E-state index contributed by atoms with van der Waals surface area (Å²) < 4.78 is 7.51. The molecular formula is C16H17N5O3. The lowest BCUT2D eigenvalue weighted by molar-refractivity contribution is -0.122. The third kappa shape index (κ3) is 2.78. The van der Waals surface area contributed by atoms with E-state index in [0.29, 0.717) is 36.2 Å². The maximum absolute atomic E-state index is 11.7. The lowest BCUT2D eigenvalue weighted by Gasteiger charge is -2.22. The molecule has 3 aromatic rings. The standard InChI is InChI=1S/C16H17N5O3/c22-15-2-1-11(7-19-15)21-9-10(6-20-21)18-8-12-5-13-14(24-12)3-4-17-16(13)23/h3-6,9,11,18H,1-2,7-8H2,(H,17,23)(H,19,22). The number of furan rings is 1. The zero-order valence-electron chi connectivity index (χ0n) is 12.9. The monoisotopic (exact) mass is 327 g/mol. The van der Waals surface area contributed by atoms with Crippen LogP contribution in [0.4, 0.5) is 5.69 Å². The number of carbonyl (C=O) groups is 1. The summed E-state index contributed by atoms with van der Waals surface area (Å²) >= 11 is 0. The molecule has 24 heavy (non-hydrogen) atoms. The lowest BCUT2D eigenvalue weighted by Crippen LogP contribution is -2.36. The molecule has 3 aromatic heterocycles. The third-order valence-electron chi connectivity index (χ3n) is 4.19. The molecule has 0 radical (unpaired) electrons. The quantitative estimate of drug-likeness (QED) is 0.671. The Kier molecular flexibility index (Phi) is 3.56. The molecule has 8 heteroatoms. The Balaban J connectivity index is 1.43. The molecule has 0 saturated carbocycles. The fourth-order valence-corrected chi connectivity index (χ4v) is 2.88. The van der Waals surface area contributed by atoms with E-state index in [0.717, 1.165) is 12.1 Å². The van der Waals surface area contributed by atoms with Crippen LogP contribution in [0.25, 0.3) is 11.0 Å². The van der Waals surface area contributed by atoms with Gasteiger partial charge in [-0.3, -0.25) is 14.3 Å². The number of anilines is 1. The molecule has 3 N–H and O–H groups in total. The summed E-state index contributed by atoms with van der Waals surface area (Å²) in [7, 11) is 0. The van der Waals surface area contributed by atoms with Crippen molar-refractivity contribution in [3.8, 4) is 0 Å². The van der Waals surface area contributed by atoms with Gasteiger partial charge in [0.2, 0.25) is 5.91 Å². The second-order valence-corrected chi connectivity index (χ2v) is 5.86. The summed E-state index contributed by atoms with van der Waals surface area (Å²) in [5.41, 5.74) is 1.28. The molecule has 4 heterocycles. The van der Waals surface area contributed by atoms with Crippen molar-refractivity contribution >= 4 is 22.6 Å². The molecular weight excluding hydrogens is 310 g/mol. The Morgan fingerprint density at radius 1 is 1.42 bits per heavy atom. The van der Waals surface area contributed by atoms with Crippen LogP contribution in [0.1, 0.15) is 24.6 Å². The van der Waals surface area contributed by atoms with Crippen LogP contribution in [0.3, 0.4) is 0 Å². The normalized spacial score (nSPS) is 17.8. The van der Waals surface area contributed by atoms with Crippen LogP contribution in [-0.2, 0) is 11.3 Å². The van der Waals surface area contributed by atoms with Crippen LogP contribution in [-0.4, -0.2) is 27.2 Å². The van der Waals surface area contributed by atoms with E-state index in [1.54, 1.807) is 24.5 Å². The van der Waals surface area contributed by atoms with Gasteiger partial charge in [-0.1, -0.05) is 0 Å². The summed E-state index contributed by atoms with van der Waals surface area (Å²) in [4.78, 5) is 25.5. The van der Waals surface area contributed by atoms with Crippen molar-refractivity contribution in [3.05, 3.63) is 46.8 Å². The fourth-order valence-electron chi connectivity index (χ4n) is 2.88. The highest BCUT2D eigenvalue weighted by Crippen LogP contribution is 2.20. The minimum absolute atomic E-state index is 0.0941. The van der Waals surface area contributed by atoms with Gasteiger partial charge in [0.15, 0.2) is 0 Å². The van der Waals surface area contributed by atoms with E-state index in [-0.39, 0.29) is 17.5 Å². The van der Waals surface area contributed by atoms with Gasteiger partial charge in [-0.2, -0.15) is 5.10 Å². The van der Waals surface area contributed by atoms with E-state index in [1.165, 1.54) is 0 Å². The zero-order chi connectivity index (χ0) is 16.5. The van der Waals surface area contributed by atoms with Gasteiger partial charge in [0.05, 0.1) is 29.9 Å². The van der Waals surface area contributed by atoms with Crippen LogP contribution < -0.4 is 16.2 Å². The van der Waals surface area contributed by atoms with Gasteiger partial charge in [-0.15, -0.1) is 0 Å². The molecule has 1 unspecified atom stereocenters. The van der Waals surface area contributed by atoms with Gasteiger partial charge < -0.3 is 20.0 Å². The Morgan fingerprint density at radius 2 is 2.33 bits per heavy atom. The molecule has 8 nitrogen and oxygen atoms in total. The summed E-state index contributed by atoms with van der Waals surface area (Å²) in [6.45, 7) is 1.06. The summed E-state index contributed by atoms with van der Waals surface area (Å²) in [6.07, 6.45) is 6.54. The molecule has 1 amide bonds. The number of nitrogens with one attached hydrogen (secondary N) is 3. The van der Waals surface area contributed by atoms with Crippen molar-refractivity contribution in [2.24, 2.45) is 0 Å². The number of rotatable bonds is 4. The van der Waals surface area contributed by atoms with Crippen LogP contribution in [0.2, 0.25) is 0 Å². The van der Waals surface area contributed by atoms with Gasteiger partial charge in [-0.05, 0) is 18.6 Å². The number of H-pyrrole nitrogens is 1. The Hall–Kier alpha value is -3.03. The highest BCUT2D eigenvalue weighted by Gasteiger charge is 2.20. The predicted octanol–water partition coefficient (Wildman–Crippen LogP) is 1.38. The van der Waals surface area contributed by atoms with E-state index < -0.39 is 0 Å². The maximum atomic E-state index is 11.7. The molecule has 0 spiro atoms. The van der Waals surface area contributed by atoms with E-state index in [4.69, 9.17) is 4.42 Å². The molecule has 0 aromatic carbocycles.